The molecule has 21 heavy (non-hydrogen) atoms. The number of nitrogens with zero attached hydrogens (tertiary/aromatic N) is 3. The van der Waals surface area contributed by atoms with Crippen LogP contribution in [0.25, 0.3) is 0 Å². The molecule has 0 aliphatic rings. The number of nitriles is 1. The summed E-state index contributed by atoms with van der Waals surface area (Å²) in [4.78, 5) is 4.42. The molecule has 3 heteroatoms. The Morgan fingerprint density at radius 2 is 1.57 bits per heavy atom. The van der Waals surface area contributed by atoms with Gasteiger partial charge >= 0.3 is 0 Å². The van der Waals surface area contributed by atoms with Gasteiger partial charge in [-0.05, 0) is 50.6 Å². The highest BCUT2D eigenvalue weighted by molar-refractivity contribution is 5.46. The standard InChI is InChI=1S/C18H29N3/c1-6-12-21(13-7-2)18(3,15-19)14-16-8-10-17(11-9-16)20(4)5/h8-11H,6-7,12-14H2,1-5H3. The van der Waals surface area contributed by atoms with Crippen molar-refractivity contribution in [1.29, 1.82) is 5.26 Å². The predicted molar refractivity (Wildman–Crippen MR) is 90.6 cm³/mol. The van der Waals surface area contributed by atoms with Gasteiger partial charge in [0.15, 0.2) is 0 Å². The van der Waals surface area contributed by atoms with Crippen molar-refractivity contribution in [3.8, 4) is 6.07 Å². The highest BCUT2D eigenvalue weighted by atomic mass is 15.2. The summed E-state index contributed by atoms with van der Waals surface area (Å²) in [5.74, 6) is 0. The van der Waals surface area contributed by atoms with Gasteiger partial charge in [0.1, 0.15) is 5.54 Å². The molecular weight excluding hydrogens is 258 g/mol. The Balaban J connectivity index is 2.90. The molecule has 1 aromatic rings. The maximum atomic E-state index is 9.71. The van der Waals surface area contributed by atoms with Crippen LogP contribution in [0, 0.1) is 11.3 Å². The van der Waals surface area contributed by atoms with E-state index < -0.39 is 5.54 Å². The molecule has 0 spiro atoms. The number of benzene rings is 1. The maximum Gasteiger partial charge on any atom is 0.110 e. The van der Waals surface area contributed by atoms with Crippen molar-refractivity contribution in [1.82, 2.24) is 4.90 Å². The van der Waals surface area contributed by atoms with Gasteiger partial charge in [-0.1, -0.05) is 26.0 Å². The van der Waals surface area contributed by atoms with Crippen LogP contribution in [-0.4, -0.2) is 37.6 Å². The van der Waals surface area contributed by atoms with Gasteiger partial charge in [-0.15, -0.1) is 0 Å². The molecule has 0 fully saturated rings. The van der Waals surface area contributed by atoms with Crippen LogP contribution in [0.3, 0.4) is 0 Å². The first-order valence-corrected chi connectivity index (χ1v) is 7.89. The van der Waals surface area contributed by atoms with Crippen LogP contribution >= 0.6 is 0 Å². The summed E-state index contributed by atoms with van der Waals surface area (Å²) < 4.78 is 0. The van der Waals surface area contributed by atoms with Crippen molar-refractivity contribution in [2.75, 3.05) is 32.1 Å². The van der Waals surface area contributed by atoms with Gasteiger partial charge in [0.05, 0.1) is 6.07 Å². The number of anilines is 1. The second-order valence-electron chi connectivity index (χ2n) is 6.11. The molecule has 0 heterocycles. The number of hydrogen-bond donors (Lipinski definition) is 0. The highest BCUT2D eigenvalue weighted by Crippen LogP contribution is 2.23. The third kappa shape index (κ3) is 4.75. The first-order chi connectivity index (χ1) is 9.96. The van der Waals surface area contributed by atoms with E-state index in [1.807, 2.05) is 14.1 Å². The van der Waals surface area contributed by atoms with Gasteiger partial charge in [-0.25, -0.2) is 0 Å². The number of rotatable bonds is 8. The topological polar surface area (TPSA) is 30.3 Å². The minimum atomic E-state index is -0.425. The van der Waals surface area contributed by atoms with Crippen LogP contribution in [0.15, 0.2) is 24.3 Å². The van der Waals surface area contributed by atoms with Crippen LogP contribution in [0.4, 0.5) is 5.69 Å². The van der Waals surface area contributed by atoms with Crippen molar-refractivity contribution in [3.05, 3.63) is 29.8 Å². The SMILES string of the molecule is CCCN(CCC)C(C)(C#N)Cc1ccc(N(C)C)cc1. The molecule has 1 unspecified atom stereocenters. The van der Waals surface area contributed by atoms with E-state index in [1.54, 1.807) is 0 Å². The van der Waals surface area contributed by atoms with E-state index in [4.69, 9.17) is 0 Å². The first-order valence-electron chi connectivity index (χ1n) is 7.89. The molecule has 1 aromatic carbocycles. The minimum absolute atomic E-state index is 0.425. The van der Waals surface area contributed by atoms with E-state index in [1.165, 1.54) is 11.3 Å². The van der Waals surface area contributed by atoms with Crippen molar-refractivity contribution < 1.29 is 0 Å². The zero-order chi connectivity index (χ0) is 15.9. The molecule has 0 radical (unpaired) electrons. The lowest BCUT2D eigenvalue weighted by molar-refractivity contribution is 0.151. The van der Waals surface area contributed by atoms with Crippen molar-refractivity contribution in [2.45, 2.75) is 45.6 Å². The molecule has 0 aliphatic heterocycles. The molecule has 0 bridgehead atoms. The van der Waals surface area contributed by atoms with Crippen LogP contribution < -0.4 is 4.90 Å². The Hall–Kier alpha value is -1.53. The van der Waals surface area contributed by atoms with Gasteiger partial charge in [0.2, 0.25) is 0 Å². The van der Waals surface area contributed by atoms with Crippen molar-refractivity contribution in [2.24, 2.45) is 0 Å². The van der Waals surface area contributed by atoms with E-state index in [-0.39, 0.29) is 0 Å². The number of hydrogen-bond acceptors (Lipinski definition) is 3. The quantitative estimate of drug-likeness (QED) is 0.730. The van der Waals surface area contributed by atoms with E-state index in [2.05, 4.69) is 60.9 Å². The Kier molecular flexibility index (Phi) is 6.71. The summed E-state index contributed by atoms with van der Waals surface area (Å²) in [6, 6.07) is 11.1. The van der Waals surface area contributed by atoms with Crippen molar-refractivity contribution >= 4 is 5.69 Å². The lowest BCUT2D eigenvalue weighted by Crippen LogP contribution is -2.47. The maximum absolute atomic E-state index is 9.71. The van der Waals surface area contributed by atoms with Crippen LogP contribution in [-0.2, 0) is 6.42 Å². The lowest BCUT2D eigenvalue weighted by Gasteiger charge is -2.36. The summed E-state index contributed by atoms with van der Waals surface area (Å²) in [6.07, 6.45) is 2.94. The normalized spacial score (nSPS) is 13.8. The molecule has 0 saturated heterocycles. The van der Waals surface area contributed by atoms with E-state index >= 15 is 0 Å². The minimum Gasteiger partial charge on any atom is -0.378 e. The Labute approximate surface area is 130 Å². The first kappa shape index (κ1) is 17.5. The fraction of sp³-hybridized carbons (Fsp3) is 0.611. The smallest absolute Gasteiger partial charge is 0.110 e. The summed E-state index contributed by atoms with van der Waals surface area (Å²) in [6.45, 7) is 8.37. The molecule has 1 atom stereocenters. The third-order valence-corrected chi connectivity index (χ3v) is 3.93. The Morgan fingerprint density at radius 3 is 1.95 bits per heavy atom. The molecular formula is C18H29N3. The monoisotopic (exact) mass is 287 g/mol. The lowest BCUT2D eigenvalue weighted by atomic mass is 9.91. The summed E-state index contributed by atoms with van der Waals surface area (Å²) in [5.41, 5.74) is 1.99. The molecule has 1 rings (SSSR count). The van der Waals surface area contributed by atoms with Crippen LogP contribution in [0.5, 0.6) is 0 Å². The largest absolute Gasteiger partial charge is 0.378 e. The molecule has 0 N–H and O–H groups in total. The van der Waals surface area contributed by atoms with Gasteiger partial charge < -0.3 is 4.90 Å². The summed E-state index contributed by atoms with van der Waals surface area (Å²) in [7, 11) is 4.08. The van der Waals surface area contributed by atoms with Gasteiger partial charge in [-0.3, -0.25) is 4.90 Å². The molecule has 116 valence electrons. The fourth-order valence-electron chi connectivity index (χ4n) is 2.68. The molecule has 0 saturated carbocycles. The summed E-state index contributed by atoms with van der Waals surface area (Å²) >= 11 is 0. The average Bonchev–Trinajstić information content (AvgIpc) is 2.47. The van der Waals surface area contributed by atoms with E-state index in [9.17, 15) is 5.26 Å². The van der Waals surface area contributed by atoms with Gasteiger partial charge in [0.25, 0.3) is 0 Å². The second kappa shape index (κ2) is 8.05. The highest BCUT2D eigenvalue weighted by Gasteiger charge is 2.31. The Morgan fingerprint density at radius 1 is 1.05 bits per heavy atom. The van der Waals surface area contributed by atoms with Crippen molar-refractivity contribution in [3.63, 3.8) is 0 Å². The average molecular weight is 287 g/mol. The third-order valence-electron chi connectivity index (χ3n) is 3.93. The second-order valence-corrected chi connectivity index (χ2v) is 6.11. The fourth-order valence-corrected chi connectivity index (χ4v) is 2.68. The van der Waals surface area contributed by atoms with E-state index in [0.717, 1.165) is 32.4 Å². The van der Waals surface area contributed by atoms with Crippen LogP contribution in [0.1, 0.15) is 39.2 Å². The Bertz CT molecular complexity index is 452. The van der Waals surface area contributed by atoms with Crippen LogP contribution in [0.2, 0.25) is 0 Å². The van der Waals surface area contributed by atoms with Gasteiger partial charge in [-0.2, -0.15) is 5.26 Å². The molecule has 3 nitrogen and oxygen atoms in total. The zero-order valence-electron chi connectivity index (χ0n) is 14.2. The van der Waals surface area contributed by atoms with E-state index in [0.29, 0.717) is 0 Å². The summed E-state index contributed by atoms with van der Waals surface area (Å²) in [5, 5.41) is 9.71. The van der Waals surface area contributed by atoms with Gasteiger partial charge in [0, 0.05) is 26.2 Å². The molecule has 0 aromatic heterocycles. The molecule has 0 aliphatic carbocycles. The zero-order valence-corrected chi connectivity index (χ0v) is 14.2. The molecule has 0 amide bonds. The predicted octanol–water partition coefficient (Wildman–Crippen LogP) is 3.70.